The largest absolute Gasteiger partial charge is 0.465 e. The van der Waals surface area contributed by atoms with Crippen LogP contribution in [0.4, 0.5) is 0 Å². The van der Waals surface area contributed by atoms with Crippen molar-refractivity contribution in [3.63, 3.8) is 0 Å². The van der Waals surface area contributed by atoms with Crippen LogP contribution < -0.4 is 0 Å². The van der Waals surface area contributed by atoms with Gasteiger partial charge in [-0.25, -0.2) is 4.79 Å². The highest BCUT2D eigenvalue weighted by Gasteiger charge is 2.15. The summed E-state index contributed by atoms with van der Waals surface area (Å²) in [6.07, 6.45) is 1.73. The van der Waals surface area contributed by atoms with Crippen LogP contribution >= 0.6 is 0 Å². The smallest absolute Gasteiger partial charge is 0.338 e. The van der Waals surface area contributed by atoms with Crippen LogP contribution in [0.1, 0.15) is 41.4 Å². The summed E-state index contributed by atoms with van der Waals surface area (Å²) >= 11 is 0. The number of ether oxygens (including phenoxy) is 1. The third-order valence-corrected chi connectivity index (χ3v) is 3.28. The third-order valence-electron chi connectivity index (χ3n) is 3.28. The molecular formula is C17H12O5. The summed E-state index contributed by atoms with van der Waals surface area (Å²) in [5.41, 5.74) is 1.82. The van der Waals surface area contributed by atoms with Gasteiger partial charge in [0, 0.05) is 16.7 Å². The highest BCUT2D eigenvalue weighted by atomic mass is 16.5. The van der Waals surface area contributed by atoms with Crippen LogP contribution in [-0.4, -0.2) is 31.9 Å². The lowest BCUT2D eigenvalue weighted by atomic mass is 9.94. The summed E-state index contributed by atoms with van der Waals surface area (Å²) in [5, 5.41) is 0. The average Bonchev–Trinajstić information content (AvgIpc) is 2.59. The summed E-state index contributed by atoms with van der Waals surface area (Å²) in [6, 6.07) is 9.36. The van der Waals surface area contributed by atoms with Crippen molar-refractivity contribution in [2.45, 2.75) is 0 Å². The Kier molecular flexibility index (Phi) is 4.58. The first-order valence-electron chi connectivity index (χ1n) is 6.37. The van der Waals surface area contributed by atoms with Crippen molar-refractivity contribution in [2.24, 2.45) is 0 Å². The molecule has 0 unspecified atom stereocenters. The fourth-order valence-corrected chi connectivity index (χ4v) is 2.18. The molecule has 5 heteroatoms. The molecule has 0 N–H and O–H groups in total. The molecule has 0 aliphatic rings. The molecule has 0 saturated carbocycles. The van der Waals surface area contributed by atoms with Gasteiger partial charge < -0.3 is 4.74 Å². The maximum atomic E-state index is 11.7. The van der Waals surface area contributed by atoms with Gasteiger partial charge in [-0.1, -0.05) is 30.3 Å². The minimum absolute atomic E-state index is 0.100. The number of carbonyl (C=O) groups is 4. The molecule has 0 fully saturated rings. The highest BCUT2D eigenvalue weighted by molar-refractivity contribution is 6.01. The van der Waals surface area contributed by atoms with Gasteiger partial charge in [0.1, 0.15) is 0 Å². The second-order valence-electron chi connectivity index (χ2n) is 4.46. The van der Waals surface area contributed by atoms with E-state index in [4.69, 9.17) is 0 Å². The van der Waals surface area contributed by atoms with E-state index >= 15 is 0 Å². The highest BCUT2D eigenvalue weighted by Crippen LogP contribution is 2.27. The predicted molar refractivity (Wildman–Crippen MR) is 79.4 cm³/mol. The molecule has 0 aliphatic heterocycles. The first-order valence-corrected chi connectivity index (χ1v) is 6.37. The van der Waals surface area contributed by atoms with Gasteiger partial charge in [0.15, 0.2) is 18.9 Å². The van der Waals surface area contributed by atoms with Crippen molar-refractivity contribution in [2.75, 3.05) is 7.11 Å². The van der Waals surface area contributed by atoms with Gasteiger partial charge in [0.2, 0.25) is 0 Å². The van der Waals surface area contributed by atoms with E-state index in [1.165, 1.54) is 25.3 Å². The number of carbonyl (C=O) groups excluding carboxylic acids is 4. The van der Waals surface area contributed by atoms with Crippen LogP contribution in [0.2, 0.25) is 0 Å². The minimum atomic E-state index is -0.650. The van der Waals surface area contributed by atoms with E-state index in [2.05, 4.69) is 4.74 Å². The van der Waals surface area contributed by atoms with Crippen molar-refractivity contribution >= 4 is 24.8 Å². The van der Waals surface area contributed by atoms with E-state index < -0.39 is 5.97 Å². The zero-order valence-corrected chi connectivity index (χ0v) is 11.7. The molecule has 0 aliphatic carbocycles. The molecule has 0 aromatic heterocycles. The third kappa shape index (κ3) is 2.69. The van der Waals surface area contributed by atoms with Gasteiger partial charge in [0.25, 0.3) is 0 Å². The maximum Gasteiger partial charge on any atom is 0.338 e. The van der Waals surface area contributed by atoms with Crippen molar-refractivity contribution in [1.82, 2.24) is 0 Å². The van der Waals surface area contributed by atoms with Crippen LogP contribution in [0, 0.1) is 0 Å². The van der Waals surface area contributed by atoms with E-state index in [-0.39, 0.29) is 22.3 Å². The Balaban J connectivity index is 2.68. The SMILES string of the molecule is COC(=O)c1cc(-c2cccc(C=O)c2C=O)ccc1C=O. The molecular weight excluding hydrogens is 284 g/mol. The molecule has 0 saturated heterocycles. The molecule has 2 aromatic carbocycles. The monoisotopic (exact) mass is 296 g/mol. The van der Waals surface area contributed by atoms with Crippen LogP contribution in [0.3, 0.4) is 0 Å². The van der Waals surface area contributed by atoms with Crippen molar-refractivity contribution < 1.29 is 23.9 Å². The predicted octanol–water partition coefficient (Wildman–Crippen LogP) is 2.58. The molecule has 0 atom stereocenters. The van der Waals surface area contributed by atoms with Gasteiger partial charge in [-0.05, 0) is 17.2 Å². The Morgan fingerprint density at radius 3 is 2.27 bits per heavy atom. The first kappa shape index (κ1) is 15.3. The maximum absolute atomic E-state index is 11.7. The van der Waals surface area contributed by atoms with E-state index in [1.807, 2.05) is 0 Å². The second-order valence-corrected chi connectivity index (χ2v) is 4.46. The lowest BCUT2D eigenvalue weighted by molar-refractivity contribution is 0.0598. The van der Waals surface area contributed by atoms with Crippen LogP contribution in [0.5, 0.6) is 0 Å². The fraction of sp³-hybridized carbons (Fsp3) is 0.0588. The Morgan fingerprint density at radius 2 is 1.68 bits per heavy atom. The lowest BCUT2D eigenvalue weighted by Gasteiger charge is -2.10. The zero-order valence-electron chi connectivity index (χ0n) is 11.7. The summed E-state index contributed by atoms with van der Waals surface area (Å²) < 4.78 is 4.65. The number of benzene rings is 2. The number of rotatable bonds is 5. The van der Waals surface area contributed by atoms with Gasteiger partial charge in [0.05, 0.1) is 12.7 Å². The van der Waals surface area contributed by atoms with Crippen LogP contribution in [-0.2, 0) is 4.74 Å². The summed E-state index contributed by atoms with van der Waals surface area (Å²) in [7, 11) is 1.22. The molecule has 0 heterocycles. The van der Waals surface area contributed by atoms with Crippen molar-refractivity contribution in [3.05, 3.63) is 58.7 Å². The quantitative estimate of drug-likeness (QED) is 0.626. The molecule has 0 radical (unpaired) electrons. The fourth-order valence-electron chi connectivity index (χ4n) is 2.18. The molecule has 22 heavy (non-hydrogen) atoms. The Morgan fingerprint density at radius 1 is 0.955 bits per heavy atom. The average molecular weight is 296 g/mol. The molecule has 5 nitrogen and oxygen atoms in total. The standard InChI is InChI=1S/C17H12O5/c1-22-17(21)15-7-11(5-6-13(15)9-19)14-4-2-3-12(8-18)16(14)10-20/h2-10H,1H3. The summed E-state index contributed by atoms with van der Waals surface area (Å²) in [4.78, 5) is 45.0. The van der Waals surface area contributed by atoms with Crippen molar-refractivity contribution in [3.8, 4) is 11.1 Å². The Hall–Kier alpha value is -3.08. The molecule has 0 bridgehead atoms. The minimum Gasteiger partial charge on any atom is -0.465 e. The van der Waals surface area contributed by atoms with Crippen molar-refractivity contribution in [1.29, 1.82) is 0 Å². The summed E-state index contributed by atoms with van der Waals surface area (Å²) in [5.74, 6) is -0.650. The Bertz CT molecular complexity index is 762. The van der Waals surface area contributed by atoms with Gasteiger partial charge in [-0.15, -0.1) is 0 Å². The number of hydrogen-bond acceptors (Lipinski definition) is 5. The molecule has 2 aromatic rings. The normalized spacial score (nSPS) is 9.86. The first-order chi connectivity index (χ1) is 10.7. The molecule has 110 valence electrons. The van der Waals surface area contributed by atoms with Gasteiger partial charge in [-0.2, -0.15) is 0 Å². The lowest BCUT2D eigenvalue weighted by Crippen LogP contribution is -2.06. The van der Waals surface area contributed by atoms with Crippen LogP contribution in [0.15, 0.2) is 36.4 Å². The molecule has 0 spiro atoms. The summed E-state index contributed by atoms with van der Waals surface area (Å²) in [6.45, 7) is 0. The molecule has 0 amide bonds. The van der Waals surface area contributed by atoms with Gasteiger partial charge >= 0.3 is 5.97 Å². The number of methoxy groups -OCH3 is 1. The van der Waals surface area contributed by atoms with E-state index in [1.54, 1.807) is 18.2 Å². The molecule has 2 rings (SSSR count). The van der Waals surface area contributed by atoms with E-state index in [9.17, 15) is 19.2 Å². The Labute approximate surface area is 126 Å². The van der Waals surface area contributed by atoms with E-state index in [0.29, 0.717) is 30.0 Å². The number of aldehydes is 3. The van der Waals surface area contributed by atoms with Gasteiger partial charge in [-0.3, -0.25) is 14.4 Å². The number of esters is 1. The second kappa shape index (κ2) is 6.58. The van der Waals surface area contributed by atoms with E-state index in [0.717, 1.165) is 0 Å². The zero-order chi connectivity index (χ0) is 16.1. The topological polar surface area (TPSA) is 77.5 Å². The number of hydrogen-bond donors (Lipinski definition) is 0. The van der Waals surface area contributed by atoms with Crippen LogP contribution in [0.25, 0.3) is 11.1 Å².